The first-order chi connectivity index (χ1) is 11.3. The number of sulfonamides is 2. The maximum absolute atomic E-state index is 12.1. The molecule has 6 nitrogen and oxygen atoms in total. The third kappa shape index (κ3) is 6.16. The van der Waals surface area contributed by atoms with Crippen LogP contribution in [0.3, 0.4) is 0 Å². The second kappa shape index (κ2) is 8.42. The summed E-state index contributed by atoms with van der Waals surface area (Å²) in [5.74, 6) is -0.000678. The fraction of sp³-hybridized carbons (Fsp3) is 0.625. The minimum atomic E-state index is -3.42. The maximum atomic E-state index is 12.1. The number of hydrogen-bond donors (Lipinski definition) is 1. The summed E-state index contributed by atoms with van der Waals surface area (Å²) in [6, 6.07) is 9.43. The summed E-state index contributed by atoms with van der Waals surface area (Å²) in [7, 11) is -6.74. The molecule has 0 spiro atoms. The number of rotatable bonds is 9. The van der Waals surface area contributed by atoms with Crippen molar-refractivity contribution in [2.24, 2.45) is 0 Å². The number of hydrogen-bond acceptors (Lipinski definition) is 4. The molecule has 0 saturated heterocycles. The molecule has 1 aliphatic carbocycles. The van der Waals surface area contributed by atoms with Crippen LogP contribution in [-0.2, 0) is 26.5 Å². The highest BCUT2D eigenvalue weighted by molar-refractivity contribution is 7.89. The van der Waals surface area contributed by atoms with E-state index in [1.165, 1.54) is 10.6 Å². The van der Waals surface area contributed by atoms with Gasteiger partial charge in [-0.2, -0.15) is 4.31 Å². The van der Waals surface area contributed by atoms with E-state index in [0.29, 0.717) is 6.42 Å². The van der Waals surface area contributed by atoms with Gasteiger partial charge in [-0.1, -0.05) is 43.2 Å². The Morgan fingerprint density at radius 2 is 1.71 bits per heavy atom. The number of benzene rings is 1. The highest BCUT2D eigenvalue weighted by Gasteiger charge is 2.29. The zero-order valence-electron chi connectivity index (χ0n) is 14.0. The van der Waals surface area contributed by atoms with Gasteiger partial charge < -0.3 is 0 Å². The van der Waals surface area contributed by atoms with E-state index < -0.39 is 20.0 Å². The van der Waals surface area contributed by atoms with Gasteiger partial charge in [0.1, 0.15) is 0 Å². The Balaban J connectivity index is 1.84. The second-order valence-electron chi connectivity index (χ2n) is 6.26. The molecule has 0 heterocycles. The van der Waals surface area contributed by atoms with Gasteiger partial charge in [0.05, 0.1) is 12.0 Å². The molecule has 0 unspecified atom stereocenters. The third-order valence-corrected chi connectivity index (χ3v) is 7.03. The molecule has 8 heteroatoms. The van der Waals surface area contributed by atoms with Crippen LogP contribution < -0.4 is 4.72 Å². The van der Waals surface area contributed by atoms with Crippen molar-refractivity contribution in [3.63, 3.8) is 0 Å². The first kappa shape index (κ1) is 19.4. The van der Waals surface area contributed by atoms with Crippen LogP contribution in [0.15, 0.2) is 30.3 Å². The lowest BCUT2D eigenvalue weighted by molar-refractivity contribution is 0.328. The molecule has 1 aliphatic rings. The summed E-state index contributed by atoms with van der Waals surface area (Å²) in [6.07, 6.45) is 5.39. The van der Waals surface area contributed by atoms with Crippen molar-refractivity contribution >= 4 is 20.0 Å². The molecule has 0 bridgehead atoms. The van der Waals surface area contributed by atoms with E-state index >= 15 is 0 Å². The minimum absolute atomic E-state index is 0.000678. The molecule has 2 rings (SSSR count). The van der Waals surface area contributed by atoms with Crippen molar-refractivity contribution in [2.75, 3.05) is 25.1 Å². The van der Waals surface area contributed by atoms with E-state index in [2.05, 4.69) is 4.72 Å². The van der Waals surface area contributed by atoms with Crippen LogP contribution in [0.2, 0.25) is 0 Å². The van der Waals surface area contributed by atoms with Crippen molar-refractivity contribution in [3.05, 3.63) is 35.9 Å². The lowest BCUT2D eigenvalue weighted by Gasteiger charge is -2.26. The van der Waals surface area contributed by atoms with Crippen molar-refractivity contribution in [3.8, 4) is 0 Å². The molecular formula is C16H26N2O4S2. The van der Waals surface area contributed by atoms with Crippen LogP contribution in [0.25, 0.3) is 0 Å². The first-order valence-corrected chi connectivity index (χ1v) is 11.8. The molecule has 0 radical (unpaired) electrons. The van der Waals surface area contributed by atoms with Gasteiger partial charge in [0.25, 0.3) is 0 Å². The van der Waals surface area contributed by atoms with E-state index in [1.54, 1.807) is 0 Å². The van der Waals surface area contributed by atoms with Crippen LogP contribution in [0.1, 0.15) is 31.2 Å². The zero-order valence-corrected chi connectivity index (χ0v) is 15.7. The summed E-state index contributed by atoms with van der Waals surface area (Å²) in [5, 5.41) is 0. The highest BCUT2D eigenvalue weighted by atomic mass is 32.2. The highest BCUT2D eigenvalue weighted by Crippen LogP contribution is 2.24. The van der Waals surface area contributed by atoms with Crippen LogP contribution >= 0.6 is 0 Å². The molecule has 0 atom stereocenters. The molecule has 1 aromatic carbocycles. The number of nitrogens with zero attached hydrogens (tertiary/aromatic N) is 1. The average molecular weight is 375 g/mol. The van der Waals surface area contributed by atoms with Crippen LogP contribution in [-0.4, -0.2) is 52.3 Å². The molecule has 24 heavy (non-hydrogen) atoms. The van der Waals surface area contributed by atoms with Gasteiger partial charge in [-0.25, -0.2) is 21.6 Å². The predicted octanol–water partition coefficient (Wildman–Crippen LogP) is 1.35. The second-order valence-corrected chi connectivity index (χ2v) is 10.1. The van der Waals surface area contributed by atoms with Crippen LogP contribution in [0.5, 0.6) is 0 Å². The lowest BCUT2D eigenvalue weighted by Crippen LogP contribution is -2.43. The quantitative estimate of drug-likeness (QED) is 0.707. The van der Waals surface area contributed by atoms with Gasteiger partial charge in [-0.3, -0.25) is 0 Å². The Bertz CT molecular complexity index is 712. The molecule has 0 amide bonds. The van der Waals surface area contributed by atoms with E-state index in [4.69, 9.17) is 0 Å². The van der Waals surface area contributed by atoms with Crippen molar-refractivity contribution in [1.29, 1.82) is 0 Å². The predicted molar refractivity (Wildman–Crippen MR) is 95.7 cm³/mol. The molecule has 136 valence electrons. The lowest BCUT2D eigenvalue weighted by atomic mass is 10.2. The Labute approximate surface area is 145 Å². The van der Waals surface area contributed by atoms with Crippen molar-refractivity contribution < 1.29 is 16.8 Å². The Kier molecular flexibility index (Phi) is 6.79. The molecule has 1 saturated carbocycles. The Morgan fingerprint density at radius 1 is 1.08 bits per heavy atom. The van der Waals surface area contributed by atoms with E-state index in [0.717, 1.165) is 31.2 Å². The molecule has 1 fully saturated rings. The van der Waals surface area contributed by atoms with E-state index in [1.807, 2.05) is 30.3 Å². The summed E-state index contributed by atoms with van der Waals surface area (Å²) >= 11 is 0. The Hall–Kier alpha value is -0.960. The molecule has 0 aliphatic heterocycles. The summed E-state index contributed by atoms with van der Waals surface area (Å²) in [6.45, 7) is 0.300. The van der Waals surface area contributed by atoms with Gasteiger partial charge in [0.2, 0.25) is 20.0 Å². The standard InChI is InChI=1S/C16H26N2O4S2/c1-23(19,20)18(16-9-5-6-10-16)13-12-17-24(21,22)14-11-15-7-3-2-4-8-15/h2-4,7-8,16-17H,5-6,9-14H2,1H3. The van der Waals surface area contributed by atoms with Gasteiger partial charge in [-0.15, -0.1) is 0 Å². The zero-order chi connectivity index (χ0) is 17.6. The number of aryl methyl sites for hydroxylation is 1. The van der Waals surface area contributed by atoms with Crippen LogP contribution in [0, 0.1) is 0 Å². The molecule has 0 aromatic heterocycles. The molecule has 1 aromatic rings. The fourth-order valence-electron chi connectivity index (χ4n) is 3.09. The Morgan fingerprint density at radius 3 is 2.29 bits per heavy atom. The normalized spacial score (nSPS) is 16.8. The minimum Gasteiger partial charge on any atom is -0.214 e. The smallest absolute Gasteiger partial charge is 0.211 e. The van der Waals surface area contributed by atoms with Gasteiger partial charge in [-0.05, 0) is 24.8 Å². The first-order valence-electron chi connectivity index (χ1n) is 8.26. The fourth-order valence-corrected chi connectivity index (χ4v) is 5.32. The van der Waals surface area contributed by atoms with Gasteiger partial charge in [0.15, 0.2) is 0 Å². The largest absolute Gasteiger partial charge is 0.214 e. The monoisotopic (exact) mass is 374 g/mol. The van der Waals surface area contributed by atoms with Crippen molar-refractivity contribution in [2.45, 2.75) is 38.1 Å². The topological polar surface area (TPSA) is 83.6 Å². The van der Waals surface area contributed by atoms with Gasteiger partial charge >= 0.3 is 0 Å². The number of nitrogens with one attached hydrogen (secondary N) is 1. The van der Waals surface area contributed by atoms with Gasteiger partial charge in [0, 0.05) is 19.1 Å². The maximum Gasteiger partial charge on any atom is 0.211 e. The van der Waals surface area contributed by atoms with Crippen molar-refractivity contribution in [1.82, 2.24) is 9.03 Å². The average Bonchev–Trinajstić information content (AvgIpc) is 3.03. The van der Waals surface area contributed by atoms with E-state index in [-0.39, 0.29) is 24.9 Å². The third-order valence-electron chi connectivity index (χ3n) is 4.31. The van der Waals surface area contributed by atoms with Crippen LogP contribution in [0.4, 0.5) is 0 Å². The summed E-state index contributed by atoms with van der Waals surface area (Å²) < 4.78 is 52.0. The molecular weight excluding hydrogens is 348 g/mol. The summed E-state index contributed by atoms with van der Waals surface area (Å²) in [5.41, 5.74) is 0.964. The SMILES string of the molecule is CS(=O)(=O)N(CCNS(=O)(=O)CCc1ccccc1)C1CCCC1. The molecule has 1 N–H and O–H groups in total. The van der Waals surface area contributed by atoms with E-state index in [9.17, 15) is 16.8 Å². The summed E-state index contributed by atoms with van der Waals surface area (Å²) in [4.78, 5) is 0.